The van der Waals surface area contributed by atoms with Gasteiger partial charge in [-0.3, -0.25) is 0 Å². The van der Waals surface area contributed by atoms with E-state index < -0.39 is 18.2 Å². The van der Waals surface area contributed by atoms with E-state index >= 15 is 0 Å². The summed E-state index contributed by atoms with van der Waals surface area (Å²) in [4.78, 5) is 3.89. The number of ether oxygens (including phenoxy) is 2. The number of hydrogen-bond donors (Lipinski definition) is 1. The van der Waals surface area contributed by atoms with Crippen LogP contribution in [0.15, 0.2) is 30.9 Å². The van der Waals surface area contributed by atoms with Gasteiger partial charge in [-0.15, -0.1) is 0 Å². The van der Waals surface area contributed by atoms with Crippen LogP contribution in [0.5, 0.6) is 0 Å². The van der Waals surface area contributed by atoms with Crippen molar-refractivity contribution in [3.05, 3.63) is 46.5 Å². The second kappa shape index (κ2) is 5.55. The Balaban J connectivity index is 2.04. The summed E-state index contributed by atoms with van der Waals surface area (Å²) in [5, 5.41) is 14.8. The minimum absolute atomic E-state index is 0.204. The molecule has 3 atom stereocenters. The summed E-state index contributed by atoms with van der Waals surface area (Å²) >= 11 is 12.2. The van der Waals surface area contributed by atoms with Crippen LogP contribution < -0.4 is 0 Å². The molecule has 0 bridgehead atoms. The maximum absolute atomic E-state index is 9.91. The van der Waals surface area contributed by atoms with Crippen LogP contribution in [0.25, 0.3) is 0 Å². The quantitative estimate of drug-likeness (QED) is 0.934. The molecule has 6 nitrogen and oxygen atoms in total. The molecular weight excluding hydrogens is 317 g/mol. The highest BCUT2D eigenvalue weighted by Crippen LogP contribution is 2.41. The Labute approximate surface area is 131 Å². The maximum atomic E-state index is 9.91. The van der Waals surface area contributed by atoms with Crippen LogP contribution in [0.3, 0.4) is 0 Å². The summed E-state index contributed by atoms with van der Waals surface area (Å²) in [5.41, 5.74) is 0.576. The monoisotopic (exact) mass is 329 g/mol. The van der Waals surface area contributed by atoms with Crippen LogP contribution in [0.2, 0.25) is 10.0 Å². The van der Waals surface area contributed by atoms with Crippen LogP contribution in [0.4, 0.5) is 0 Å². The number of halogens is 2. The highest BCUT2D eigenvalue weighted by atomic mass is 35.5. The van der Waals surface area contributed by atoms with Crippen molar-refractivity contribution >= 4 is 23.2 Å². The Morgan fingerprint density at radius 2 is 2.19 bits per heavy atom. The van der Waals surface area contributed by atoms with E-state index in [1.165, 1.54) is 12.7 Å². The van der Waals surface area contributed by atoms with E-state index in [1.807, 2.05) is 0 Å². The summed E-state index contributed by atoms with van der Waals surface area (Å²) in [6.07, 6.45) is 1.39. The summed E-state index contributed by atoms with van der Waals surface area (Å²) in [6.45, 7) is 1.92. The van der Waals surface area contributed by atoms with Crippen LogP contribution in [-0.4, -0.2) is 32.3 Å². The van der Waals surface area contributed by atoms with Crippen molar-refractivity contribution in [3.8, 4) is 0 Å². The van der Waals surface area contributed by atoms with E-state index in [4.69, 9.17) is 32.7 Å². The van der Waals surface area contributed by atoms with Gasteiger partial charge in [0.05, 0.1) is 5.02 Å². The van der Waals surface area contributed by atoms with Gasteiger partial charge < -0.3 is 14.6 Å². The van der Waals surface area contributed by atoms with Gasteiger partial charge in [0.2, 0.25) is 5.79 Å². The number of benzene rings is 1. The molecule has 1 aromatic carbocycles. The number of aromatic nitrogens is 3. The van der Waals surface area contributed by atoms with Gasteiger partial charge >= 0.3 is 0 Å². The molecule has 1 aliphatic heterocycles. The molecule has 0 aliphatic carbocycles. The van der Waals surface area contributed by atoms with Crippen molar-refractivity contribution in [2.24, 2.45) is 0 Å². The molecule has 3 unspecified atom stereocenters. The summed E-state index contributed by atoms with van der Waals surface area (Å²) in [7, 11) is 0. The molecule has 8 heteroatoms. The third-order valence-corrected chi connectivity index (χ3v) is 3.81. The molecule has 1 aromatic heterocycles. The van der Waals surface area contributed by atoms with E-state index in [1.54, 1.807) is 29.8 Å². The molecule has 1 N–H and O–H groups in total. The Hall–Kier alpha value is -1.18. The number of aliphatic hydroxyl groups is 1. The molecule has 0 amide bonds. The van der Waals surface area contributed by atoms with E-state index in [2.05, 4.69) is 10.1 Å². The number of rotatable bonds is 3. The van der Waals surface area contributed by atoms with Gasteiger partial charge in [-0.25, -0.2) is 9.67 Å². The highest BCUT2D eigenvalue weighted by Gasteiger charge is 2.48. The molecule has 21 heavy (non-hydrogen) atoms. The minimum atomic E-state index is -1.24. The summed E-state index contributed by atoms with van der Waals surface area (Å²) in [5.74, 6) is -1.24. The normalized spacial score (nSPS) is 29.0. The van der Waals surface area contributed by atoms with Crippen LogP contribution in [0, 0.1) is 0 Å². The third-order valence-electron chi connectivity index (χ3n) is 3.27. The molecule has 112 valence electrons. The van der Waals surface area contributed by atoms with Crippen molar-refractivity contribution in [2.75, 3.05) is 0 Å². The predicted molar refractivity (Wildman–Crippen MR) is 75.8 cm³/mol. The number of hydrogen-bond acceptors (Lipinski definition) is 5. The van der Waals surface area contributed by atoms with Crippen LogP contribution in [0.1, 0.15) is 12.5 Å². The number of nitrogens with zero attached hydrogens (tertiary/aromatic N) is 3. The SMILES string of the molecule is CC1OC(Cn2cncn2)(c2ccc(Cl)cc2Cl)OC1O. The average molecular weight is 330 g/mol. The van der Waals surface area contributed by atoms with E-state index in [-0.39, 0.29) is 6.54 Å². The molecule has 1 aliphatic rings. The molecular formula is C13H13Cl2N3O3. The fourth-order valence-electron chi connectivity index (χ4n) is 2.29. The predicted octanol–water partition coefficient (Wildman–Crippen LogP) is 2.19. The van der Waals surface area contributed by atoms with E-state index in [0.717, 1.165) is 0 Å². The number of aliphatic hydroxyl groups excluding tert-OH is 1. The Bertz CT molecular complexity index is 626. The molecule has 1 saturated heterocycles. The van der Waals surface area contributed by atoms with E-state index in [9.17, 15) is 5.11 Å². The zero-order valence-corrected chi connectivity index (χ0v) is 12.6. The van der Waals surface area contributed by atoms with Gasteiger partial charge in [-0.2, -0.15) is 5.10 Å². The van der Waals surface area contributed by atoms with Gasteiger partial charge in [-0.1, -0.05) is 29.3 Å². The molecule has 3 rings (SSSR count). The molecule has 0 saturated carbocycles. The zero-order valence-electron chi connectivity index (χ0n) is 11.1. The van der Waals surface area contributed by atoms with E-state index in [0.29, 0.717) is 15.6 Å². The standard InChI is InChI=1S/C13H13Cl2N3O3/c1-8-12(19)21-13(20-8,5-18-7-16-6-17-18)10-3-2-9(14)4-11(10)15/h2-4,6-8,12,19H,5H2,1H3. The first kappa shape index (κ1) is 14.7. The topological polar surface area (TPSA) is 69.4 Å². The van der Waals surface area contributed by atoms with Crippen molar-refractivity contribution in [3.63, 3.8) is 0 Å². The van der Waals surface area contributed by atoms with Gasteiger partial charge in [0.1, 0.15) is 25.3 Å². The summed E-state index contributed by atoms with van der Waals surface area (Å²) in [6, 6.07) is 5.00. The fraction of sp³-hybridized carbons (Fsp3) is 0.385. The van der Waals surface area contributed by atoms with Crippen molar-refractivity contribution in [1.29, 1.82) is 0 Å². The maximum Gasteiger partial charge on any atom is 0.219 e. The Morgan fingerprint density at radius 1 is 1.38 bits per heavy atom. The lowest BCUT2D eigenvalue weighted by molar-refractivity contribution is -0.216. The molecule has 2 aromatic rings. The largest absolute Gasteiger partial charge is 0.366 e. The second-order valence-electron chi connectivity index (χ2n) is 4.80. The highest BCUT2D eigenvalue weighted by molar-refractivity contribution is 6.35. The zero-order chi connectivity index (χ0) is 15.0. The van der Waals surface area contributed by atoms with Crippen molar-refractivity contribution < 1.29 is 14.6 Å². The van der Waals surface area contributed by atoms with Crippen LogP contribution >= 0.6 is 23.2 Å². The van der Waals surface area contributed by atoms with Crippen molar-refractivity contribution in [2.45, 2.75) is 31.6 Å². The van der Waals surface area contributed by atoms with Gasteiger partial charge in [0, 0.05) is 10.6 Å². The fourth-order valence-corrected chi connectivity index (χ4v) is 2.84. The first-order valence-corrected chi connectivity index (χ1v) is 7.07. The summed E-state index contributed by atoms with van der Waals surface area (Å²) < 4.78 is 13.1. The lowest BCUT2D eigenvalue weighted by atomic mass is 10.1. The third kappa shape index (κ3) is 2.77. The first-order chi connectivity index (χ1) is 10.00. The second-order valence-corrected chi connectivity index (χ2v) is 5.65. The Morgan fingerprint density at radius 3 is 2.76 bits per heavy atom. The first-order valence-electron chi connectivity index (χ1n) is 6.32. The molecule has 2 heterocycles. The molecule has 0 radical (unpaired) electrons. The molecule has 0 spiro atoms. The minimum Gasteiger partial charge on any atom is -0.366 e. The smallest absolute Gasteiger partial charge is 0.219 e. The molecule has 1 fully saturated rings. The van der Waals surface area contributed by atoms with Gasteiger partial charge in [0.15, 0.2) is 6.29 Å². The lowest BCUT2D eigenvalue weighted by Gasteiger charge is -2.28. The van der Waals surface area contributed by atoms with Crippen molar-refractivity contribution in [1.82, 2.24) is 14.8 Å². The van der Waals surface area contributed by atoms with Gasteiger partial charge in [0.25, 0.3) is 0 Å². The average Bonchev–Trinajstić information content (AvgIpc) is 2.99. The van der Waals surface area contributed by atoms with Crippen LogP contribution in [-0.2, 0) is 21.8 Å². The van der Waals surface area contributed by atoms with Gasteiger partial charge in [-0.05, 0) is 19.1 Å². The Kier molecular flexibility index (Phi) is 3.90. The lowest BCUT2D eigenvalue weighted by Crippen LogP contribution is -2.34.